The van der Waals surface area contributed by atoms with Crippen LogP contribution in [-0.2, 0) is 9.59 Å². The Labute approximate surface area is 159 Å². The van der Waals surface area contributed by atoms with Gasteiger partial charge in [0.2, 0.25) is 0 Å². The third-order valence-corrected chi connectivity index (χ3v) is 5.52. The Kier molecular flexibility index (Phi) is 5.33. The van der Waals surface area contributed by atoms with Crippen molar-refractivity contribution in [3.8, 4) is 0 Å². The summed E-state index contributed by atoms with van der Waals surface area (Å²) in [6.07, 6.45) is 0. The molecule has 0 spiro atoms. The van der Waals surface area contributed by atoms with Gasteiger partial charge in [0.15, 0.2) is 0 Å². The highest BCUT2D eigenvalue weighted by Gasteiger charge is 2.39. The number of thioether (sulfide) groups is 1. The van der Waals surface area contributed by atoms with E-state index in [2.05, 4.69) is 0 Å². The molecule has 0 saturated carbocycles. The van der Waals surface area contributed by atoms with Gasteiger partial charge in [0.05, 0.1) is 10.5 Å². The van der Waals surface area contributed by atoms with Crippen LogP contribution in [0.2, 0.25) is 0 Å². The molecule has 1 aliphatic heterocycles. The van der Waals surface area contributed by atoms with Gasteiger partial charge in [0.1, 0.15) is 0 Å². The van der Waals surface area contributed by atoms with Crippen molar-refractivity contribution in [2.24, 2.45) is 5.92 Å². The molecule has 0 atom stereocenters. The van der Waals surface area contributed by atoms with E-state index in [0.29, 0.717) is 17.0 Å². The van der Waals surface area contributed by atoms with E-state index >= 15 is 0 Å². The van der Waals surface area contributed by atoms with E-state index in [9.17, 15) is 9.59 Å². The summed E-state index contributed by atoms with van der Waals surface area (Å²) in [5.41, 5.74) is 3.62. The Morgan fingerprint density at radius 2 is 1.62 bits per heavy atom. The van der Waals surface area contributed by atoms with Crippen LogP contribution >= 0.6 is 11.8 Å². The Morgan fingerprint density at radius 3 is 2.23 bits per heavy atom. The monoisotopic (exact) mass is 365 g/mol. The zero-order chi connectivity index (χ0) is 18.8. The number of hydrogen-bond acceptors (Lipinski definition) is 3. The molecule has 2 amide bonds. The zero-order valence-corrected chi connectivity index (χ0v) is 16.4. The lowest BCUT2D eigenvalue weighted by atomic mass is 10.0. The van der Waals surface area contributed by atoms with Crippen molar-refractivity contribution in [1.82, 2.24) is 4.90 Å². The van der Waals surface area contributed by atoms with Crippen molar-refractivity contribution in [2.75, 3.05) is 6.54 Å². The maximum absolute atomic E-state index is 13.1. The molecule has 0 aliphatic carbocycles. The van der Waals surface area contributed by atoms with Crippen molar-refractivity contribution < 1.29 is 9.59 Å². The van der Waals surface area contributed by atoms with Crippen LogP contribution in [0.3, 0.4) is 0 Å². The summed E-state index contributed by atoms with van der Waals surface area (Å²) in [5.74, 6) is -0.152. The first kappa shape index (κ1) is 18.5. The van der Waals surface area contributed by atoms with E-state index < -0.39 is 0 Å². The lowest BCUT2D eigenvalue weighted by molar-refractivity contribution is -0.137. The number of hydrogen-bond donors (Lipinski definition) is 0. The summed E-state index contributed by atoms with van der Waals surface area (Å²) < 4.78 is 0. The molecule has 0 aromatic heterocycles. The fourth-order valence-corrected chi connectivity index (χ4v) is 3.97. The van der Waals surface area contributed by atoms with Gasteiger partial charge in [0.25, 0.3) is 11.8 Å². The molecule has 0 saturated heterocycles. The standard InChI is InChI=1S/C22H23NO2S/c1-14(2)13-23-21(24)19(17-11-10-15(3)16(4)12-17)20(22(23)25)26-18-8-6-5-7-9-18/h5-12,14H,13H2,1-4H3. The predicted octanol–water partition coefficient (Wildman–Crippen LogP) is 4.83. The van der Waals surface area contributed by atoms with Crippen LogP contribution in [0.5, 0.6) is 0 Å². The normalized spacial score (nSPS) is 14.7. The fourth-order valence-electron chi connectivity index (χ4n) is 2.94. The largest absolute Gasteiger partial charge is 0.274 e. The highest BCUT2D eigenvalue weighted by atomic mass is 32.2. The second-order valence-corrected chi connectivity index (χ2v) is 8.12. The first-order valence-electron chi connectivity index (χ1n) is 8.79. The molecule has 0 bridgehead atoms. The van der Waals surface area contributed by atoms with Gasteiger partial charge < -0.3 is 0 Å². The molecule has 1 aliphatic rings. The minimum atomic E-state index is -0.189. The highest BCUT2D eigenvalue weighted by molar-refractivity contribution is 8.04. The van der Waals surface area contributed by atoms with E-state index in [4.69, 9.17) is 0 Å². The molecule has 2 aromatic carbocycles. The van der Waals surface area contributed by atoms with Gasteiger partial charge in [-0.15, -0.1) is 0 Å². The molecule has 0 radical (unpaired) electrons. The van der Waals surface area contributed by atoms with Crippen LogP contribution in [0.1, 0.15) is 30.5 Å². The summed E-state index contributed by atoms with van der Waals surface area (Å²) in [4.78, 5) is 29.0. The molecule has 2 aromatic rings. The number of carbonyl (C=O) groups excluding carboxylic acids is 2. The Bertz CT molecular complexity index is 884. The van der Waals surface area contributed by atoms with Gasteiger partial charge in [0, 0.05) is 11.4 Å². The van der Waals surface area contributed by atoms with Crippen molar-refractivity contribution >= 4 is 29.1 Å². The van der Waals surface area contributed by atoms with E-state index in [1.807, 2.05) is 76.2 Å². The first-order chi connectivity index (χ1) is 12.4. The Morgan fingerprint density at radius 1 is 0.923 bits per heavy atom. The Hall–Kier alpha value is -2.33. The second kappa shape index (κ2) is 7.50. The second-order valence-electron chi connectivity index (χ2n) is 7.03. The Balaban J connectivity index is 2.09. The molecule has 134 valence electrons. The molecule has 0 unspecified atom stereocenters. The average molecular weight is 365 g/mol. The van der Waals surface area contributed by atoms with Gasteiger partial charge >= 0.3 is 0 Å². The SMILES string of the molecule is Cc1ccc(C2=C(Sc3ccccc3)C(=O)N(CC(C)C)C2=O)cc1C. The summed E-state index contributed by atoms with van der Waals surface area (Å²) in [5, 5.41) is 0. The summed E-state index contributed by atoms with van der Waals surface area (Å²) in [6.45, 7) is 8.53. The van der Waals surface area contributed by atoms with Gasteiger partial charge in [-0.05, 0) is 48.6 Å². The molecule has 26 heavy (non-hydrogen) atoms. The number of nitrogens with zero attached hydrogens (tertiary/aromatic N) is 1. The number of aryl methyl sites for hydroxylation is 2. The number of benzene rings is 2. The number of carbonyl (C=O) groups is 2. The lowest BCUT2D eigenvalue weighted by Crippen LogP contribution is -2.34. The maximum Gasteiger partial charge on any atom is 0.268 e. The smallest absolute Gasteiger partial charge is 0.268 e. The highest BCUT2D eigenvalue weighted by Crippen LogP contribution is 2.40. The fraction of sp³-hybridized carbons (Fsp3) is 0.273. The van der Waals surface area contributed by atoms with Gasteiger partial charge in [-0.25, -0.2) is 0 Å². The minimum Gasteiger partial charge on any atom is -0.274 e. The van der Waals surface area contributed by atoms with Gasteiger partial charge in [-0.2, -0.15) is 0 Å². The molecule has 0 fully saturated rings. The molecule has 4 heteroatoms. The number of imide groups is 1. The van der Waals surface area contributed by atoms with E-state index in [1.165, 1.54) is 22.2 Å². The van der Waals surface area contributed by atoms with Crippen molar-refractivity contribution in [2.45, 2.75) is 32.6 Å². The van der Waals surface area contributed by atoms with Crippen molar-refractivity contribution in [1.29, 1.82) is 0 Å². The number of amides is 2. The van der Waals surface area contributed by atoms with Crippen LogP contribution in [0.4, 0.5) is 0 Å². The quantitative estimate of drug-likeness (QED) is 0.712. The minimum absolute atomic E-state index is 0.189. The van der Waals surface area contributed by atoms with E-state index in [0.717, 1.165) is 16.0 Å². The third-order valence-electron chi connectivity index (χ3n) is 4.43. The summed E-state index contributed by atoms with van der Waals surface area (Å²) >= 11 is 1.37. The molecule has 0 N–H and O–H groups in total. The maximum atomic E-state index is 13.1. The van der Waals surface area contributed by atoms with Crippen LogP contribution in [0, 0.1) is 19.8 Å². The first-order valence-corrected chi connectivity index (χ1v) is 9.61. The molecular formula is C22H23NO2S. The van der Waals surface area contributed by atoms with Crippen LogP contribution in [0.25, 0.3) is 5.57 Å². The van der Waals surface area contributed by atoms with Gasteiger partial charge in [-0.1, -0.05) is 62.0 Å². The predicted molar refractivity (Wildman–Crippen MR) is 107 cm³/mol. The molecular weight excluding hydrogens is 342 g/mol. The average Bonchev–Trinajstić information content (AvgIpc) is 2.82. The third kappa shape index (κ3) is 3.61. The molecule has 3 rings (SSSR count). The van der Waals surface area contributed by atoms with Crippen molar-refractivity contribution in [3.63, 3.8) is 0 Å². The van der Waals surface area contributed by atoms with Crippen LogP contribution in [0.15, 0.2) is 58.3 Å². The molecule has 1 heterocycles. The summed E-state index contributed by atoms with van der Waals surface area (Å²) in [6, 6.07) is 15.7. The van der Waals surface area contributed by atoms with E-state index in [-0.39, 0.29) is 17.7 Å². The van der Waals surface area contributed by atoms with E-state index in [1.54, 1.807) is 0 Å². The van der Waals surface area contributed by atoms with Crippen molar-refractivity contribution in [3.05, 3.63) is 70.1 Å². The summed E-state index contributed by atoms with van der Waals surface area (Å²) in [7, 11) is 0. The number of rotatable bonds is 5. The molecule has 3 nitrogen and oxygen atoms in total. The van der Waals surface area contributed by atoms with Crippen LogP contribution in [-0.4, -0.2) is 23.3 Å². The van der Waals surface area contributed by atoms with Crippen LogP contribution < -0.4 is 0 Å². The van der Waals surface area contributed by atoms with Gasteiger partial charge in [-0.3, -0.25) is 14.5 Å². The topological polar surface area (TPSA) is 37.4 Å². The zero-order valence-electron chi connectivity index (χ0n) is 15.6. The lowest BCUT2D eigenvalue weighted by Gasteiger charge is -2.17.